The fourth-order valence-corrected chi connectivity index (χ4v) is 1.04. The zero-order valence-electron chi connectivity index (χ0n) is 5.82. The molecule has 0 saturated carbocycles. The van der Waals surface area contributed by atoms with Crippen LogP contribution in [0.2, 0.25) is 9.70 Å². The summed E-state index contributed by atoms with van der Waals surface area (Å²) in [6.07, 6.45) is 1.96. The van der Waals surface area contributed by atoms with Gasteiger partial charge in [0.1, 0.15) is 0 Å². The van der Waals surface area contributed by atoms with Crippen LogP contribution >= 0.6 is 0 Å². The Bertz CT molecular complexity index is 68.9. The second-order valence-corrected chi connectivity index (χ2v) is 4.90. The summed E-state index contributed by atoms with van der Waals surface area (Å²) < 4.78 is 0.449. The van der Waals surface area contributed by atoms with Crippen molar-refractivity contribution in [1.82, 2.24) is 0 Å². The SMILES string of the molecule is C=C[CH2][Co][C](C)(C)C. The molecule has 0 aromatic carbocycles. The van der Waals surface area contributed by atoms with Gasteiger partial charge < -0.3 is 0 Å². The Kier molecular flexibility index (Phi) is 3.41. The minimum absolute atomic E-state index is 0.449. The summed E-state index contributed by atoms with van der Waals surface area (Å²) in [6, 6.07) is 0. The number of allylic oxidation sites excluding steroid dienone is 1. The molecule has 0 saturated heterocycles. The van der Waals surface area contributed by atoms with Crippen molar-refractivity contribution in [3.05, 3.63) is 12.7 Å². The number of hydrogen-bond acceptors (Lipinski definition) is 0. The fourth-order valence-electron chi connectivity index (χ4n) is 0.252. The summed E-state index contributed by atoms with van der Waals surface area (Å²) in [5.41, 5.74) is 0. The summed E-state index contributed by atoms with van der Waals surface area (Å²) in [4.78, 5) is 0. The zero-order chi connectivity index (χ0) is 6.62. The molecular weight excluding hydrogens is 143 g/mol. The molecule has 0 unspecified atom stereocenters. The maximum atomic E-state index is 3.66. The average Bonchev–Trinajstić information content (AvgIpc) is 1.59. The molecule has 0 fully saturated rings. The molecule has 0 rings (SSSR count). The van der Waals surface area contributed by atoms with Gasteiger partial charge in [0, 0.05) is 0 Å². The van der Waals surface area contributed by atoms with E-state index in [1.165, 1.54) is 14.7 Å². The van der Waals surface area contributed by atoms with Crippen LogP contribution < -0.4 is 0 Å². The van der Waals surface area contributed by atoms with Gasteiger partial charge >= 0.3 is 57.8 Å². The summed E-state index contributed by atoms with van der Waals surface area (Å²) in [5, 5.41) is 1.11. The van der Waals surface area contributed by atoms with Crippen molar-refractivity contribution in [2.45, 2.75) is 30.5 Å². The molecule has 0 radical (unpaired) electrons. The first-order chi connectivity index (χ1) is 3.56. The van der Waals surface area contributed by atoms with Gasteiger partial charge in [0.15, 0.2) is 0 Å². The molecule has 0 aromatic heterocycles. The Morgan fingerprint density at radius 2 is 2.00 bits per heavy atom. The van der Waals surface area contributed by atoms with Gasteiger partial charge in [-0.15, -0.1) is 0 Å². The predicted octanol–water partition coefficient (Wildman–Crippen LogP) is 2.89. The summed E-state index contributed by atoms with van der Waals surface area (Å²) in [6.45, 7) is 10.4. The number of hydrogen-bond donors (Lipinski definition) is 0. The van der Waals surface area contributed by atoms with Gasteiger partial charge in [0.05, 0.1) is 0 Å². The Morgan fingerprint density at radius 1 is 1.50 bits per heavy atom. The molecule has 0 bridgehead atoms. The van der Waals surface area contributed by atoms with Crippen LogP contribution in [0.5, 0.6) is 0 Å². The predicted molar refractivity (Wildman–Crippen MR) is 34.7 cm³/mol. The molecule has 1 heteroatoms. The standard InChI is InChI=1S/C4H9.C3H5.Co/c1-4(2)3;1-3-2;/h1-3H3;3H,1-2H2;. The topological polar surface area (TPSA) is 0 Å². The van der Waals surface area contributed by atoms with Crippen LogP contribution in [0, 0.1) is 0 Å². The minimum atomic E-state index is 0.449. The van der Waals surface area contributed by atoms with E-state index in [-0.39, 0.29) is 0 Å². The second-order valence-electron chi connectivity index (χ2n) is 2.54. The molecule has 0 aromatic rings. The van der Waals surface area contributed by atoms with Crippen LogP contribution in [0.25, 0.3) is 0 Å². The van der Waals surface area contributed by atoms with Gasteiger partial charge in [-0.05, 0) is 0 Å². The van der Waals surface area contributed by atoms with E-state index in [2.05, 4.69) is 27.4 Å². The van der Waals surface area contributed by atoms with E-state index in [9.17, 15) is 0 Å². The third-order valence-corrected chi connectivity index (χ3v) is 2.14. The molecule has 0 N–H and O–H groups in total. The molecule has 0 aliphatic carbocycles. The Hall–Kier alpha value is 0.246. The van der Waals surface area contributed by atoms with Crippen LogP contribution in [0.4, 0.5) is 0 Å². The van der Waals surface area contributed by atoms with Gasteiger partial charge in [-0.3, -0.25) is 0 Å². The molecule has 0 spiro atoms. The van der Waals surface area contributed by atoms with Crippen LogP contribution in [-0.2, 0) is 14.7 Å². The zero-order valence-corrected chi connectivity index (χ0v) is 6.87. The molecular formula is C7H14Co. The maximum absolute atomic E-state index is 3.66. The van der Waals surface area contributed by atoms with E-state index < -0.39 is 0 Å². The molecule has 0 aliphatic heterocycles. The van der Waals surface area contributed by atoms with Crippen molar-refractivity contribution in [3.8, 4) is 0 Å². The molecule has 8 heavy (non-hydrogen) atoms. The summed E-state index contributed by atoms with van der Waals surface area (Å²) in [7, 11) is 0. The number of rotatable bonds is 2. The quantitative estimate of drug-likeness (QED) is 0.540. The first kappa shape index (κ1) is 8.25. The first-order valence-electron chi connectivity index (χ1n) is 2.72. The van der Waals surface area contributed by atoms with E-state index in [4.69, 9.17) is 0 Å². The third-order valence-electron chi connectivity index (χ3n) is 0.518. The van der Waals surface area contributed by atoms with Crippen LogP contribution in [0.3, 0.4) is 0 Å². The van der Waals surface area contributed by atoms with E-state index in [1.54, 1.807) is 0 Å². The average molecular weight is 157 g/mol. The van der Waals surface area contributed by atoms with Gasteiger partial charge in [0.2, 0.25) is 0 Å². The van der Waals surface area contributed by atoms with Crippen LogP contribution in [-0.4, -0.2) is 0 Å². The van der Waals surface area contributed by atoms with Gasteiger partial charge in [-0.2, -0.15) is 0 Å². The van der Waals surface area contributed by atoms with E-state index >= 15 is 0 Å². The van der Waals surface area contributed by atoms with Crippen molar-refractivity contribution in [2.75, 3.05) is 0 Å². The Balaban J connectivity index is 3.24. The molecule has 0 aliphatic rings. The monoisotopic (exact) mass is 157 g/mol. The molecule has 0 nitrogen and oxygen atoms in total. The van der Waals surface area contributed by atoms with Crippen molar-refractivity contribution in [2.24, 2.45) is 0 Å². The molecule has 51 valence electrons. The third kappa shape index (κ3) is 6.25. The van der Waals surface area contributed by atoms with Crippen molar-refractivity contribution < 1.29 is 14.7 Å². The van der Waals surface area contributed by atoms with Crippen molar-refractivity contribution in [1.29, 1.82) is 0 Å². The second kappa shape index (κ2) is 3.31. The molecule has 0 heterocycles. The Labute approximate surface area is 58.3 Å². The van der Waals surface area contributed by atoms with E-state index in [0.717, 1.165) is 5.36 Å². The summed E-state index contributed by atoms with van der Waals surface area (Å²) in [5.74, 6) is 0. The normalized spacial score (nSPS) is 11.9. The van der Waals surface area contributed by atoms with Crippen LogP contribution in [0.1, 0.15) is 20.8 Å². The van der Waals surface area contributed by atoms with Crippen LogP contribution in [0.15, 0.2) is 12.7 Å². The van der Waals surface area contributed by atoms with Gasteiger partial charge in [-0.25, -0.2) is 0 Å². The van der Waals surface area contributed by atoms with E-state index in [0.29, 0.717) is 4.35 Å². The van der Waals surface area contributed by atoms with Gasteiger partial charge in [0.25, 0.3) is 0 Å². The summed E-state index contributed by atoms with van der Waals surface area (Å²) >= 11 is 1.50. The van der Waals surface area contributed by atoms with Gasteiger partial charge in [-0.1, -0.05) is 0 Å². The first-order valence-corrected chi connectivity index (χ1v) is 3.98. The molecule has 0 amide bonds. The van der Waals surface area contributed by atoms with Crippen molar-refractivity contribution in [3.63, 3.8) is 0 Å². The van der Waals surface area contributed by atoms with Crippen molar-refractivity contribution >= 4 is 0 Å². The molecule has 0 atom stereocenters. The Morgan fingerprint density at radius 3 is 2.12 bits per heavy atom. The fraction of sp³-hybridized carbons (Fsp3) is 0.714. The van der Waals surface area contributed by atoms with E-state index in [1.807, 2.05) is 6.08 Å².